The third-order valence-electron chi connectivity index (χ3n) is 4.67. The molecule has 0 radical (unpaired) electrons. The van der Waals surface area contributed by atoms with Crippen LogP contribution >= 0.6 is 37.9 Å². The fraction of sp³-hybridized carbons (Fsp3) is 0.762. The number of carbonyl (C=O) groups excluding carboxylic acids is 5. The summed E-state index contributed by atoms with van der Waals surface area (Å²) in [5.74, 6) is -1.60. The molecule has 1 fully saturated rings. The van der Waals surface area contributed by atoms with Gasteiger partial charge in [0, 0.05) is 15.7 Å². The van der Waals surface area contributed by atoms with Gasteiger partial charge in [-0.25, -0.2) is 14.5 Å². The third-order valence-corrected chi connectivity index (χ3v) is 5.21. The van der Waals surface area contributed by atoms with Crippen LogP contribution in [0.15, 0.2) is 0 Å². The summed E-state index contributed by atoms with van der Waals surface area (Å²) in [6, 6.07) is -1.72. The molecule has 0 saturated carbocycles. The molecule has 3 atom stereocenters. The average Bonchev–Trinajstić information content (AvgIpc) is 2.73. The molecule has 15 heteroatoms. The summed E-state index contributed by atoms with van der Waals surface area (Å²) in [6.45, 7) is 3.70. The van der Waals surface area contributed by atoms with Gasteiger partial charge < -0.3 is 19.3 Å². The first-order valence-electron chi connectivity index (χ1n) is 11.4. The highest BCUT2D eigenvalue weighted by Gasteiger charge is 2.43. The van der Waals surface area contributed by atoms with Crippen molar-refractivity contribution in [2.24, 2.45) is 0 Å². The largest absolute Gasteiger partial charge is 0.464 e. The molecular weight excluding hydrogens is 534 g/mol. The van der Waals surface area contributed by atoms with Crippen molar-refractivity contribution in [2.75, 3.05) is 39.5 Å². The topological polar surface area (TPSA) is 143 Å². The van der Waals surface area contributed by atoms with E-state index in [9.17, 15) is 29.1 Å². The lowest BCUT2D eigenvalue weighted by atomic mass is 10.3. The molecule has 1 N–H and O–H groups in total. The molecule has 1 saturated heterocycles. The number of urea groups is 2. The maximum atomic E-state index is 12.9. The minimum atomic E-state index is -1.70. The summed E-state index contributed by atoms with van der Waals surface area (Å²) in [5.41, 5.74) is 0. The summed E-state index contributed by atoms with van der Waals surface area (Å²) in [5, 5.41) is 10.0. The number of aliphatic hydroxyl groups is 1. The quantitative estimate of drug-likeness (QED) is 0.130. The van der Waals surface area contributed by atoms with Gasteiger partial charge in [-0.2, -0.15) is 37.9 Å². The van der Waals surface area contributed by atoms with Crippen LogP contribution in [-0.2, 0) is 28.6 Å². The molecule has 0 aliphatic carbocycles. The molecule has 0 spiro atoms. The SMILES string of the molecule is CC(S)CC(=O)OCCN1C(=O)N(CCOC(=O)CC(C)S)C(O)N(CCOC(=O)CC(C)S)C1=O. The fourth-order valence-electron chi connectivity index (χ4n) is 3.04. The van der Waals surface area contributed by atoms with Crippen molar-refractivity contribution in [3.63, 3.8) is 0 Å². The first-order valence-corrected chi connectivity index (χ1v) is 13.0. The van der Waals surface area contributed by atoms with E-state index in [2.05, 4.69) is 37.9 Å². The van der Waals surface area contributed by atoms with Gasteiger partial charge in [0.25, 0.3) is 0 Å². The molecule has 0 aromatic rings. The number of thiol groups is 3. The molecular formula is C21H35N3O9S3. The Morgan fingerprint density at radius 2 is 1.03 bits per heavy atom. The van der Waals surface area contributed by atoms with Crippen molar-refractivity contribution >= 4 is 67.9 Å². The Morgan fingerprint density at radius 3 is 1.33 bits per heavy atom. The second-order valence-electron chi connectivity index (χ2n) is 8.27. The van der Waals surface area contributed by atoms with Crippen LogP contribution in [0.1, 0.15) is 40.0 Å². The van der Waals surface area contributed by atoms with E-state index in [4.69, 9.17) is 14.2 Å². The van der Waals surface area contributed by atoms with Crippen LogP contribution in [0.25, 0.3) is 0 Å². The van der Waals surface area contributed by atoms with Gasteiger partial charge in [0.15, 0.2) is 0 Å². The summed E-state index contributed by atoms with van der Waals surface area (Å²) >= 11 is 12.3. The average molecular weight is 570 g/mol. The Labute approximate surface area is 227 Å². The van der Waals surface area contributed by atoms with Gasteiger partial charge >= 0.3 is 30.0 Å². The predicted molar refractivity (Wildman–Crippen MR) is 139 cm³/mol. The number of amides is 4. The number of esters is 3. The second kappa shape index (κ2) is 16.1. The number of aliphatic hydroxyl groups excluding tert-OH is 1. The van der Waals surface area contributed by atoms with Gasteiger partial charge in [0.2, 0.25) is 6.35 Å². The van der Waals surface area contributed by atoms with Crippen molar-refractivity contribution in [2.45, 2.75) is 62.1 Å². The van der Waals surface area contributed by atoms with Gasteiger partial charge in [0.1, 0.15) is 19.8 Å². The van der Waals surface area contributed by atoms with Crippen LogP contribution in [0.2, 0.25) is 0 Å². The molecule has 3 unspecified atom stereocenters. The van der Waals surface area contributed by atoms with Gasteiger partial charge in [-0.3, -0.25) is 24.2 Å². The van der Waals surface area contributed by atoms with E-state index >= 15 is 0 Å². The summed E-state index contributed by atoms with van der Waals surface area (Å²) < 4.78 is 15.2. The monoisotopic (exact) mass is 569 g/mol. The van der Waals surface area contributed by atoms with Crippen molar-refractivity contribution < 1.29 is 43.3 Å². The molecule has 0 aromatic heterocycles. The zero-order valence-electron chi connectivity index (χ0n) is 20.6. The Hall–Kier alpha value is -1.84. The maximum absolute atomic E-state index is 12.9. The van der Waals surface area contributed by atoms with E-state index in [1.165, 1.54) is 0 Å². The lowest BCUT2D eigenvalue weighted by Crippen LogP contribution is -2.67. The fourth-order valence-corrected chi connectivity index (χ4v) is 3.49. The van der Waals surface area contributed by atoms with Gasteiger partial charge in [0.05, 0.1) is 38.9 Å². The lowest BCUT2D eigenvalue weighted by molar-refractivity contribution is -0.148. The van der Waals surface area contributed by atoms with Crippen LogP contribution in [0, 0.1) is 0 Å². The Balaban J connectivity index is 2.86. The first kappa shape index (κ1) is 32.2. The van der Waals surface area contributed by atoms with Crippen molar-refractivity contribution in [1.29, 1.82) is 0 Å². The van der Waals surface area contributed by atoms with Crippen molar-refractivity contribution in [3.8, 4) is 0 Å². The zero-order chi connectivity index (χ0) is 27.4. The highest BCUT2D eigenvalue weighted by molar-refractivity contribution is 7.81. The number of hydrogen-bond acceptors (Lipinski definition) is 12. The third kappa shape index (κ3) is 11.5. The molecule has 1 rings (SSSR count). The van der Waals surface area contributed by atoms with Crippen LogP contribution < -0.4 is 0 Å². The van der Waals surface area contributed by atoms with E-state index in [0.29, 0.717) is 0 Å². The van der Waals surface area contributed by atoms with E-state index in [1.54, 1.807) is 20.8 Å². The lowest BCUT2D eigenvalue weighted by Gasteiger charge is -2.44. The summed E-state index contributed by atoms with van der Waals surface area (Å²) in [4.78, 5) is 63.9. The highest BCUT2D eigenvalue weighted by atomic mass is 32.1. The molecule has 1 heterocycles. The van der Waals surface area contributed by atoms with Crippen molar-refractivity contribution in [3.05, 3.63) is 0 Å². The first-order chi connectivity index (χ1) is 16.8. The summed E-state index contributed by atoms with van der Waals surface area (Å²) in [6.07, 6.45) is -1.53. The maximum Gasteiger partial charge on any atom is 0.331 e. The molecule has 1 aliphatic heterocycles. The van der Waals surface area contributed by atoms with Crippen molar-refractivity contribution in [1.82, 2.24) is 14.7 Å². The number of imide groups is 1. The number of carbonyl (C=O) groups is 5. The Bertz CT molecular complexity index is 735. The number of hydrogen-bond donors (Lipinski definition) is 4. The molecule has 12 nitrogen and oxygen atoms in total. The molecule has 206 valence electrons. The number of nitrogens with zero attached hydrogens (tertiary/aromatic N) is 3. The van der Waals surface area contributed by atoms with E-state index in [1.807, 2.05) is 0 Å². The molecule has 4 amide bonds. The molecule has 0 aromatic carbocycles. The number of rotatable bonds is 15. The van der Waals surface area contributed by atoms with E-state index in [0.717, 1.165) is 14.7 Å². The Morgan fingerprint density at radius 1 is 0.722 bits per heavy atom. The zero-order valence-corrected chi connectivity index (χ0v) is 23.3. The molecule has 1 aliphatic rings. The number of ether oxygens (including phenoxy) is 3. The smallest absolute Gasteiger partial charge is 0.331 e. The standard InChI is InChI=1S/C21H35N3O9S3/c1-13(34)10-16(25)31-7-4-22-19(28)23(5-8-32-17(26)11-14(2)35)21(30)24(20(22)29)6-9-33-18(27)12-15(3)36/h13-15,19,28,34-36H,4-12H2,1-3H3. The van der Waals surface area contributed by atoms with Crippen LogP contribution in [0.5, 0.6) is 0 Å². The van der Waals surface area contributed by atoms with Crippen LogP contribution in [-0.4, -0.2) is 111 Å². The predicted octanol–water partition coefficient (Wildman–Crippen LogP) is 1.18. The van der Waals surface area contributed by atoms with Crippen LogP contribution in [0.3, 0.4) is 0 Å². The van der Waals surface area contributed by atoms with E-state index in [-0.39, 0.29) is 74.5 Å². The minimum absolute atomic E-state index is 0.0501. The molecule has 36 heavy (non-hydrogen) atoms. The van der Waals surface area contributed by atoms with E-state index < -0.39 is 36.3 Å². The second-order valence-corrected chi connectivity index (χ2v) is 10.9. The Kier molecular flexibility index (Phi) is 14.4. The van der Waals surface area contributed by atoms with Gasteiger partial charge in [-0.15, -0.1) is 0 Å². The minimum Gasteiger partial charge on any atom is -0.464 e. The molecule has 0 bridgehead atoms. The highest BCUT2D eigenvalue weighted by Crippen LogP contribution is 2.18. The van der Waals surface area contributed by atoms with Gasteiger partial charge in [-0.1, -0.05) is 20.8 Å². The normalized spacial score (nSPS) is 18.5. The van der Waals surface area contributed by atoms with Gasteiger partial charge in [-0.05, 0) is 0 Å². The summed E-state index contributed by atoms with van der Waals surface area (Å²) in [7, 11) is 0. The van der Waals surface area contributed by atoms with Crippen LogP contribution in [0.4, 0.5) is 9.59 Å².